The summed E-state index contributed by atoms with van der Waals surface area (Å²) in [5.41, 5.74) is 2.38. The Hall–Kier alpha value is -2.63. The molecule has 1 unspecified atom stereocenters. The maximum Gasteiger partial charge on any atom is 0.225 e. The zero-order chi connectivity index (χ0) is 16.4. The monoisotopic (exact) mass is 313 g/mol. The molecule has 1 aromatic carbocycles. The van der Waals surface area contributed by atoms with Gasteiger partial charge in [-0.3, -0.25) is 4.79 Å². The van der Waals surface area contributed by atoms with E-state index in [2.05, 4.69) is 22.2 Å². The van der Waals surface area contributed by atoms with Crippen molar-refractivity contribution in [2.24, 2.45) is 0 Å². The average molecular weight is 313 g/mol. The number of rotatable bonds is 4. The van der Waals surface area contributed by atoms with Crippen LogP contribution in [0.1, 0.15) is 42.6 Å². The van der Waals surface area contributed by atoms with E-state index in [4.69, 9.17) is 4.74 Å². The summed E-state index contributed by atoms with van der Waals surface area (Å²) in [6.45, 7) is 2.08. The van der Waals surface area contributed by atoms with Crippen molar-refractivity contribution in [3.8, 4) is 11.5 Å². The number of hydrogen-bond donors (Lipinski definition) is 2. The van der Waals surface area contributed by atoms with Crippen molar-refractivity contribution >= 4 is 11.6 Å². The molecule has 6 heteroatoms. The molecule has 1 atom stereocenters. The fourth-order valence-electron chi connectivity index (χ4n) is 2.84. The van der Waals surface area contributed by atoms with Gasteiger partial charge in [0.25, 0.3) is 0 Å². The minimum absolute atomic E-state index is 0.00161. The van der Waals surface area contributed by atoms with Crippen LogP contribution in [0, 0.1) is 0 Å². The molecular weight excluding hydrogens is 294 g/mol. The molecule has 0 fully saturated rings. The van der Waals surface area contributed by atoms with Crippen LogP contribution in [0.25, 0.3) is 0 Å². The molecule has 2 N–H and O–H groups in total. The SMILES string of the molecule is CCCc1ncc(C2CC(=O)Nc3cc(O)c(OC)cc32)cn1. The predicted molar refractivity (Wildman–Crippen MR) is 85.8 cm³/mol. The maximum absolute atomic E-state index is 12.0. The number of aryl methyl sites for hydroxylation is 1. The molecule has 3 rings (SSSR count). The lowest BCUT2D eigenvalue weighted by Crippen LogP contribution is -2.23. The molecule has 1 aliphatic rings. The predicted octanol–water partition coefficient (Wildman–Crippen LogP) is 2.62. The zero-order valence-corrected chi connectivity index (χ0v) is 13.2. The van der Waals surface area contributed by atoms with Crippen molar-refractivity contribution in [3.63, 3.8) is 0 Å². The van der Waals surface area contributed by atoms with Crippen molar-refractivity contribution in [1.82, 2.24) is 9.97 Å². The second-order valence-corrected chi connectivity index (χ2v) is 5.60. The number of phenolic OH excluding ortho intramolecular Hbond substituents is 1. The third-order valence-corrected chi connectivity index (χ3v) is 3.99. The van der Waals surface area contributed by atoms with Gasteiger partial charge in [0, 0.05) is 42.9 Å². The Morgan fingerprint density at radius 1 is 1.35 bits per heavy atom. The second-order valence-electron chi connectivity index (χ2n) is 5.60. The van der Waals surface area contributed by atoms with Gasteiger partial charge in [-0.15, -0.1) is 0 Å². The highest BCUT2D eigenvalue weighted by atomic mass is 16.5. The summed E-state index contributed by atoms with van der Waals surface area (Å²) in [6.07, 6.45) is 5.71. The molecule has 0 aliphatic carbocycles. The summed E-state index contributed by atoms with van der Waals surface area (Å²) in [5, 5.41) is 12.7. The van der Waals surface area contributed by atoms with Crippen LogP contribution in [0.5, 0.6) is 11.5 Å². The Morgan fingerprint density at radius 3 is 2.74 bits per heavy atom. The number of aromatic nitrogens is 2. The Bertz CT molecular complexity index is 729. The summed E-state index contributed by atoms with van der Waals surface area (Å²) in [6, 6.07) is 3.28. The van der Waals surface area contributed by atoms with Crippen LogP contribution in [0.15, 0.2) is 24.5 Å². The zero-order valence-electron chi connectivity index (χ0n) is 13.2. The van der Waals surface area contributed by atoms with Crippen molar-refractivity contribution in [1.29, 1.82) is 0 Å². The molecule has 0 spiro atoms. The van der Waals surface area contributed by atoms with Crippen LogP contribution >= 0.6 is 0 Å². The molecule has 0 saturated carbocycles. The fraction of sp³-hybridized carbons (Fsp3) is 0.353. The van der Waals surface area contributed by atoms with E-state index in [1.807, 2.05) is 0 Å². The van der Waals surface area contributed by atoms with E-state index in [1.165, 1.54) is 13.2 Å². The van der Waals surface area contributed by atoms with Crippen molar-refractivity contribution < 1.29 is 14.6 Å². The normalized spacial score (nSPS) is 16.6. The van der Waals surface area contributed by atoms with Gasteiger partial charge in [-0.1, -0.05) is 6.92 Å². The summed E-state index contributed by atoms with van der Waals surface area (Å²) in [7, 11) is 1.50. The van der Waals surface area contributed by atoms with Crippen molar-refractivity contribution in [3.05, 3.63) is 41.5 Å². The molecule has 6 nitrogen and oxygen atoms in total. The third-order valence-electron chi connectivity index (χ3n) is 3.99. The minimum Gasteiger partial charge on any atom is -0.504 e. The molecule has 2 aromatic rings. The molecule has 120 valence electrons. The van der Waals surface area contributed by atoms with Crippen LogP contribution in [0.3, 0.4) is 0 Å². The minimum atomic E-state index is -0.149. The van der Waals surface area contributed by atoms with Gasteiger partial charge in [0.1, 0.15) is 5.82 Å². The van der Waals surface area contributed by atoms with E-state index in [0.29, 0.717) is 17.9 Å². The van der Waals surface area contributed by atoms with Crippen LogP contribution in [-0.2, 0) is 11.2 Å². The van der Waals surface area contributed by atoms with Crippen molar-refractivity contribution in [2.45, 2.75) is 32.1 Å². The number of nitrogens with one attached hydrogen (secondary N) is 1. The molecule has 0 bridgehead atoms. The number of carbonyl (C=O) groups is 1. The number of phenols is 1. The van der Waals surface area contributed by atoms with E-state index in [1.54, 1.807) is 18.5 Å². The number of carbonyl (C=O) groups excluding carboxylic acids is 1. The highest BCUT2D eigenvalue weighted by Gasteiger charge is 2.28. The van der Waals surface area contributed by atoms with Gasteiger partial charge in [-0.05, 0) is 23.6 Å². The highest BCUT2D eigenvalue weighted by Crippen LogP contribution is 2.42. The summed E-state index contributed by atoms with van der Waals surface area (Å²) < 4.78 is 5.18. The number of fused-ring (bicyclic) bond motifs is 1. The number of aromatic hydroxyl groups is 1. The summed E-state index contributed by atoms with van der Waals surface area (Å²) in [4.78, 5) is 20.7. The largest absolute Gasteiger partial charge is 0.504 e. The van der Waals surface area contributed by atoms with E-state index in [9.17, 15) is 9.90 Å². The quantitative estimate of drug-likeness (QED) is 0.906. The Kier molecular flexibility index (Phi) is 4.14. The fourth-order valence-corrected chi connectivity index (χ4v) is 2.84. The number of anilines is 1. The van der Waals surface area contributed by atoms with Crippen LogP contribution in [0.4, 0.5) is 5.69 Å². The van der Waals surface area contributed by atoms with Gasteiger partial charge in [0.15, 0.2) is 11.5 Å². The number of methoxy groups -OCH3 is 1. The van der Waals surface area contributed by atoms with Gasteiger partial charge < -0.3 is 15.2 Å². The lowest BCUT2D eigenvalue weighted by Gasteiger charge is -2.26. The maximum atomic E-state index is 12.0. The Labute approximate surface area is 134 Å². The molecule has 0 radical (unpaired) electrons. The van der Waals surface area contributed by atoms with Gasteiger partial charge in [0.05, 0.1) is 7.11 Å². The van der Waals surface area contributed by atoms with E-state index >= 15 is 0 Å². The average Bonchev–Trinajstić information content (AvgIpc) is 2.54. The second kappa shape index (κ2) is 6.24. The van der Waals surface area contributed by atoms with Crippen LogP contribution in [-0.4, -0.2) is 28.1 Å². The van der Waals surface area contributed by atoms with E-state index in [0.717, 1.165) is 29.8 Å². The number of ether oxygens (including phenoxy) is 1. The molecule has 2 heterocycles. The molecule has 1 amide bonds. The Morgan fingerprint density at radius 2 is 2.09 bits per heavy atom. The third kappa shape index (κ3) is 2.97. The highest BCUT2D eigenvalue weighted by molar-refractivity contribution is 5.95. The summed E-state index contributed by atoms with van der Waals surface area (Å²) in [5.74, 6) is 0.948. The van der Waals surface area contributed by atoms with E-state index < -0.39 is 0 Å². The first-order chi connectivity index (χ1) is 11.1. The molecule has 0 saturated heterocycles. The lowest BCUT2D eigenvalue weighted by atomic mass is 9.86. The van der Waals surface area contributed by atoms with E-state index in [-0.39, 0.29) is 17.6 Å². The first kappa shape index (κ1) is 15.3. The Balaban J connectivity index is 2.02. The van der Waals surface area contributed by atoms with Gasteiger partial charge >= 0.3 is 0 Å². The standard InChI is InChI=1S/C17H19N3O3/c1-3-4-16-18-8-10(9-19-16)11-6-17(22)20-13-7-14(21)15(23-2)5-12(11)13/h5,7-9,11,21H,3-4,6H2,1-2H3,(H,20,22). The smallest absolute Gasteiger partial charge is 0.225 e. The molecule has 1 aliphatic heterocycles. The first-order valence-corrected chi connectivity index (χ1v) is 7.64. The topological polar surface area (TPSA) is 84.3 Å². The summed E-state index contributed by atoms with van der Waals surface area (Å²) >= 11 is 0. The van der Waals surface area contributed by atoms with Crippen LogP contribution < -0.4 is 10.1 Å². The molecular formula is C17H19N3O3. The number of nitrogens with zero attached hydrogens (tertiary/aromatic N) is 2. The van der Waals surface area contributed by atoms with Gasteiger partial charge in [0.2, 0.25) is 5.91 Å². The van der Waals surface area contributed by atoms with Gasteiger partial charge in [-0.2, -0.15) is 0 Å². The van der Waals surface area contributed by atoms with Crippen molar-refractivity contribution in [2.75, 3.05) is 12.4 Å². The first-order valence-electron chi connectivity index (χ1n) is 7.64. The number of benzene rings is 1. The van der Waals surface area contributed by atoms with Gasteiger partial charge in [-0.25, -0.2) is 9.97 Å². The molecule has 1 aromatic heterocycles. The molecule has 23 heavy (non-hydrogen) atoms. The number of hydrogen-bond acceptors (Lipinski definition) is 5. The van der Waals surface area contributed by atoms with Crippen LogP contribution in [0.2, 0.25) is 0 Å². The lowest BCUT2D eigenvalue weighted by molar-refractivity contribution is -0.116. The number of amides is 1.